The quantitative estimate of drug-likeness (QED) is 0.345. The van der Waals surface area contributed by atoms with E-state index in [-0.39, 0.29) is 15.8 Å². The van der Waals surface area contributed by atoms with Crippen molar-refractivity contribution in [2.75, 3.05) is 5.32 Å². The number of sulfonamides is 1. The molecule has 3 rings (SSSR count). The highest BCUT2D eigenvalue weighted by Gasteiger charge is 2.16. The highest BCUT2D eigenvalue weighted by Crippen LogP contribution is 2.17. The number of thiocarbonyl (C=S) groups is 1. The van der Waals surface area contributed by atoms with Gasteiger partial charge in [0.15, 0.2) is 10.9 Å². The number of nitrogens with one attached hydrogen (secondary N) is 2. The number of anilines is 1. The zero-order valence-corrected chi connectivity index (χ0v) is 17.9. The molecule has 0 saturated carbocycles. The molecule has 0 amide bonds. The first kappa shape index (κ1) is 21.0. The Balaban J connectivity index is 1.90. The predicted molar refractivity (Wildman–Crippen MR) is 122 cm³/mol. The standard InChI is InChI=1S/C21H18ClN3O2S2/c1-15-7-11-18(12-8-15)23-21(28)24-20(16-5-3-2-4-6-16)25-29(26,27)19-13-9-17(22)10-14-19/h2-14H,1H3,(H2,23,24,25,28). The molecule has 29 heavy (non-hydrogen) atoms. The SMILES string of the molecule is Cc1ccc(NC(=S)N/C(=N/S(=O)(=O)c2ccc(Cl)cc2)c2ccccc2)cc1. The summed E-state index contributed by atoms with van der Waals surface area (Å²) in [6.07, 6.45) is 0. The van der Waals surface area contributed by atoms with Crippen molar-refractivity contribution in [3.63, 3.8) is 0 Å². The van der Waals surface area contributed by atoms with E-state index in [9.17, 15) is 8.42 Å². The van der Waals surface area contributed by atoms with Crippen LogP contribution < -0.4 is 10.6 Å². The van der Waals surface area contributed by atoms with E-state index in [0.717, 1.165) is 11.3 Å². The summed E-state index contributed by atoms with van der Waals surface area (Å²) in [5, 5.41) is 6.60. The Kier molecular flexibility index (Phi) is 6.64. The van der Waals surface area contributed by atoms with Crippen molar-refractivity contribution in [2.45, 2.75) is 11.8 Å². The van der Waals surface area contributed by atoms with Crippen molar-refractivity contribution in [2.24, 2.45) is 4.40 Å². The molecular weight excluding hydrogens is 426 g/mol. The summed E-state index contributed by atoms with van der Waals surface area (Å²) >= 11 is 11.2. The van der Waals surface area contributed by atoms with Gasteiger partial charge in [0, 0.05) is 16.3 Å². The lowest BCUT2D eigenvalue weighted by atomic mass is 10.2. The average Bonchev–Trinajstić information content (AvgIpc) is 2.70. The van der Waals surface area contributed by atoms with Gasteiger partial charge in [-0.25, -0.2) is 0 Å². The maximum atomic E-state index is 12.8. The molecule has 3 aromatic rings. The van der Waals surface area contributed by atoms with Crippen molar-refractivity contribution in [3.05, 3.63) is 95.0 Å². The van der Waals surface area contributed by atoms with Gasteiger partial charge in [-0.1, -0.05) is 59.6 Å². The number of hydrogen-bond acceptors (Lipinski definition) is 3. The van der Waals surface area contributed by atoms with Crippen LogP contribution in [-0.4, -0.2) is 19.4 Å². The number of rotatable bonds is 4. The van der Waals surface area contributed by atoms with Crippen LogP contribution in [0.2, 0.25) is 5.02 Å². The normalized spacial score (nSPS) is 11.7. The van der Waals surface area contributed by atoms with Crippen LogP contribution in [0.4, 0.5) is 5.69 Å². The first-order valence-electron chi connectivity index (χ1n) is 8.64. The van der Waals surface area contributed by atoms with Crippen LogP contribution in [0.15, 0.2) is 88.2 Å². The number of aryl methyl sites for hydroxylation is 1. The van der Waals surface area contributed by atoms with Crippen molar-refractivity contribution < 1.29 is 8.42 Å². The maximum Gasteiger partial charge on any atom is 0.284 e. The van der Waals surface area contributed by atoms with Gasteiger partial charge in [0.1, 0.15) is 0 Å². The minimum atomic E-state index is -3.97. The first-order valence-corrected chi connectivity index (χ1v) is 10.9. The van der Waals surface area contributed by atoms with Gasteiger partial charge in [-0.2, -0.15) is 8.42 Å². The molecule has 148 valence electrons. The van der Waals surface area contributed by atoms with E-state index in [1.54, 1.807) is 24.3 Å². The van der Waals surface area contributed by atoms with E-state index in [1.807, 2.05) is 37.3 Å². The monoisotopic (exact) mass is 443 g/mol. The van der Waals surface area contributed by atoms with Gasteiger partial charge < -0.3 is 10.6 Å². The third-order valence-corrected chi connectivity index (χ3v) is 5.66. The minimum absolute atomic E-state index is 0.0366. The molecule has 0 heterocycles. The highest BCUT2D eigenvalue weighted by molar-refractivity contribution is 7.90. The zero-order valence-electron chi connectivity index (χ0n) is 15.5. The molecule has 8 heteroatoms. The van der Waals surface area contributed by atoms with E-state index < -0.39 is 10.0 Å². The summed E-state index contributed by atoms with van der Waals surface area (Å²) in [5.41, 5.74) is 2.48. The summed E-state index contributed by atoms with van der Waals surface area (Å²) in [4.78, 5) is 0.0366. The van der Waals surface area contributed by atoms with Crippen LogP contribution in [0, 0.1) is 6.92 Å². The van der Waals surface area contributed by atoms with Gasteiger partial charge in [0.25, 0.3) is 10.0 Å². The molecule has 0 aliphatic heterocycles. The zero-order chi connectivity index (χ0) is 20.9. The molecule has 0 aliphatic carbocycles. The van der Waals surface area contributed by atoms with E-state index in [2.05, 4.69) is 15.0 Å². The Morgan fingerprint density at radius 2 is 1.55 bits per heavy atom. The molecule has 0 aromatic heterocycles. The molecular formula is C21H18ClN3O2S2. The van der Waals surface area contributed by atoms with Gasteiger partial charge in [-0.15, -0.1) is 4.40 Å². The topological polar surface area (TPSA) is 70.6 Å². The van der Waals surface area contributed by atoms with Gasteiger partial charge in [0.2, 0.25) is 0 Å². The summed E-state index contributed by atoms with van der Waals surface area (Å²) in [6.45, 7) is 1.99. The molecule has 2 N–H and O–H groups in total. The number of nitrogens with zero attached hydrogens (tertiary/aromatic N) is 1. The van der Waals surface area contributed by atoms with Crippen molar-refractivity contribution in [1.82, 2.24) is 5.32 Å². The lowest BCUT2D eigenvalue weighted by Gasteiger charge is -2.13. The lowest BCUT2D eigenvalue weighted by Crippen LogP contribution is -2.35. The molecule has 0 spiro atoms. The van der Waals surface area contributed by atoms with E-state index in [0.29, 0.717) is 10.6 Å². The molecule has 3 aromatic carbocycles. The lowest BCUT2D eigenvalue weighted by molar-refractivity contribution is 0.598. The summed E-state index contributed by atoms with van der Waals surface area (Å²) in [7, 11) is -3.97. The summed E-state index contributed by atoms with van der Waals surface area (Å²) in [6, 6.07) is 22.4. The molecule has 0 saturated heterocycles. The van der Waals surface area contributed by atoms with Crippen molar-refractivity contribution >= 4 is 50.5 Å². The van der Waals surface area contributed by atoms with Crippen LogP contribution in [-0.2, 0) is 10.0 Å². The van der Waals surface area contributed by atoms with E-state index >= 15 is 0 Å². The van der Waals surface area contributed by atoms with Gasteiger partial charge in [-0.05, 0) is 55.5 Å². The van der Waals surface area contributed by atoms with Crippen molar-refractivity contribution in [1.29, 1.82) is 0 Å². The molecule has 0 radical (unpaired) electrons. The average molecular weight is 444 g/mol. The Hall–Kier alpha value is -2.74. The fourth-order valence-corrected chi connectivity index (χ4v) is 3.75. The van der Waals surface area contributed by atoms with Crippen LogP contribution in [0.5, 0.6) is 0 Å². The van der Waals surface area contributed by atoms with E-state index in [1.165, 1.54) is 24.3 Å². The van der Waals surface area contributed by atoms with Crippen LogP contribution in [0.3, 0.4) is 0 Å². The predicted octanol–water partition coefficient (Wildman–Crippen LogP) is 4.77. The number of halogens is 1. The molecule has 0 aliphatic rings. The highest BCUT2D eigenvalue weighted by atomic mass is 35.5. The van der Waals surface area contributed by atoms with Gasteiger partial charge >= 0.3 is 0 Å². The number of benzene rings is 3. The second kappa shape index (κ2) is 9.17. The van der Waals surface area contributed by atoms with Crippen LogP contribution >= 0.6 is 23.8 Å². The Labute approximate surface area is 180 Å². The third kappa shape index (κ3) is 5.87. The molecule has 5 nitrogen and oxygen atoms in total. The molecule has 0 unspecified atom stereocenters. The number of hydrogen-bond donors (Lipinski definition) is 2. The van der Waals surface area contributed by atoms with Crippen LogP contribution in [0.25, 0.3) is 0 Å². The fourth-order valence-electron chi connectivity index (χ4n) is 2.43. The second-order valence-corrected chi connectivity index (χ2v) is 8.63. The van der Waals surface area contributed by atoms with Crippen molar-refractivity contribution in [3.8, 4) is 0 Å². The van der Waals surface area contributed by atoms with Crippen LogP contribution in [0.1, 0.15) is 11.1 Å². The number of amidine groups is 1. The Morgan fingerprint density at radius 3 is 2.17 bits per heavy atom. The molecule has 0 bridgehead atoms. The smallest absolute Gasteiger partial charge is 0.284 e. The second-order valence-electron chi connectivity index (χ2n) is 6.18. The third-order valence-electron chi connectivity index (χ3n) is 3.91. The summed E-state index contributed by atoms with van der Waals surface area (Å²) in [5.74, 6) is 0.116. The summed E-state index contributed by atoms with van der Waals surface area (Å²) < 4.78 is 29.5. The van der Waals surface area contributed by atoms with Gasteiger partial charge in [-0.3, -0.25) is 0 Å². The van der Waals surface area contributed by atoms with Gasteiger partial charge in [0.05, 0.1) is 4.90 Å². The maximum absolute atomic E-state index is 12.8. The minimum Gasteiger partial charge on any atom is -0.332 e. The Morgan fingerprint density at radius 1 is 0.931 bits per heavy atom. The van der Waals surface area contributed by atoms with E-state index in [4.69, 9.17) is 23.8 Å². The Bertz CT molecular complexity index is 1130. The molecule has 0 fully saturated rings. The molecule has 0 atom stereocenters. The largest absolute Gasteiger partial charge is 0.332 e. The fraction of sp³-hybridized carbons (Fsp3) is 0.0476. The first-order chi connectivity index (χ1) is 13.8.